The van der Waals surface area contributed by atoms with Crippen molar-refractivity contribution < 1.29 is 9.72 Å². The number of nitrogens with one attached hydrogen (secondary N) is 1. The number of amides is 1. The van der Waals surface area contributed by atoms with Gasteiger partial charge in [-0.15, -0.1) is 0 Å². The van der Waals surface area contributed by atoms with Crippen LogP contribution in [0.4, 0.5) is 11.4 Å². The topological polar surface area (TPSA) is 98.3 Å². The smallest absolute Gasteiger partial charge is 0.294 e. The standard InChI is InChI=1S/C14H18ClN3O3/c1-8(2)14(3-4-14)7-17-13(19)9-5-10(15)12(16)11(6-9)18(20)21/h5-6,8H,3-4,7,16H2,1-2H3,(H,17,19). The molecule has 1 fully saturated rings. The second-order valence-electron chi connectivity index (χ2n) is 5.85. The van der Waals surface area contributed by atoms with E-state index in [4.69, 9.17) is 17.3 Å². The fourth-order valence-electron chi connectivity index (χ4n) is 2.36. The first-order chi connectivity index (χ1) is 9.77. The van der Waals surface area contributed by atoms with Crippen molar-refractivity contribution in [2.24, 2.45) is 11.3 Å². The molecule has 7 heteroatoms. The third-order valence-corrected chi connectivity index (χ3v) is 4.60. The monoisotopic (exact) mass is 311 g/mol. The molecule has 114 valence electrons. The van der Waals surface area contributed by atoms with Gasteiger partial charge in [0.25, 0.3) is 11.6 Å². The van der Waals surface area contributed by atoms with Gasteiger partial charge in [-0.3, -0.25) is 14.9 Å². The first-order valence-electron chi connectivity index (χ1n) is 6.78. The lowest BCUT2D eigenvalue weighted by molar-refractivity contribution is -0.383. The number of rotatable bonds is 5. The van der Waals surface area contributed by atoms with Crippen LogP contribution in [0.25, 0.3) is 0 Å². The summed E-state index contributed by atoms with van der Waals surface area (Å²) in [6, 6.07) is 2.51. The van der Waals surface area contributed by atoms with E-state index in [0.717, 1.165) is 18.9 Å². The number of halogens is 1. The van der Waals surface area contributed by atoms with Crippen molar-refractivity contribution in [1.29, 1.82) is 0 Å². The van der Waals surface area contributed by atoms with E-state index in [1.54, 1.807) is 0 Å². The molecule has 6 nitrogen and oxygen atoms in total. The van der Waals surface area contributed by atoms with Crippen LogP contribution in [0, 0.1) is 21.4 Å². The van der Waals surface area contributed by atoms with Gasteiger partial charge in [0.2, 0.25) is 0 Å². The number of nitro benzene ring substituents is 1. The van der Waals surface area contributed by atoms with E-state index in [1.807, 2.05) is 0 Å². The number of nitrogen functional groups attached to an aromatic ring is 1. The second-order valence-corrected chi connectivity index (χ2v) is 6.25. The molecule has 0 radical (unpaired) electrons. The normalized spacial score (nSPS) is 15.8. The number of nitrogens with zero attached hydrogens (tertiary/aromatic N) is 1. The molecule has 0 spiro atoms. The van der Waals surface area contributed by atoms with Gasteiger partial charge in [-0.2, -0.15) is 0 Å². The van der Waals surface area contributed by atoms with Crippen LogP contribution in [-0.4, -0.2) is 17.4 Å². The predicted molar refractivity (Wildman–Crippen MR) is 81.4 cm³/mol. The predicted octanol–water partition coefficient (Wildman–Crippen LogP) is 3.00. The fraction of sp³-hybridized carbons (Fsp3) is 0.500. The molecule has 0 bridgehead atoms. The van der Waals surface area contributed by atoms with Crippen LogP contribution in [0.15, 0.2) is 12.1 Å². The van der Waals surface area contributed by atoms with Crippen LogP contribution in [0.2, 0.25) is 5.02 Å². The summed E-state index contributed by atoms with van der Waals surface area (Å²) in [5.74, 6) is 0.120. The Kier molecular flexibility index (Phi) is 4.09. The Bertz CT molecular complexity index is 597. The molecular formula is C14H18ClN3O3. The van der Waals surface area contributed by atoms with Gasteiger partial charge >= 0.3 is 0 Å². The first-order valence-corrected chi connectivity index (χ1v) is 7.16. The highest BCUT2D eigenvalue weighted by Gasteiger charge is 2.45. The van der Waals surface area contributed by atoms with E-state index in [2.05, 4.69) is 19.2 Å². The van der Waals surface area contributed by atoms with Gasteiger partial charge < -0.3 is 11.1 Å². The van der Waals surface area contributed by atoms with Crippen LogP contribution in [0.3, 0.4) is 0 Å². The summed E-state index contributed by atoms with van der Waals surface area (Å²) >= 11 is 5.85. The summed E-state index contributed by atoms with van der Waals surface area (Å²) in [6.07, 6.45) is 2.18. The summed E-state index contributed by atoms with van der Waals surface area (Å²) in [7, 11) is 0. The number of benzene rings is 1. The van der Waals surface area contributed by atoms with Crippen molar-refractivity contribution in [3.8, 4) is 0 Å². The number of nitrogens with two attached hydrogens (primary N) is 1. The highest BCUT2D eigenvalue weighted by atomic mass is 35.5. The maximum Gasteiger partial charge on any atom is 0.294 e. The molecule has 0 heterocycles. The number of hydrogen-bond acceptors (Lipinski definition) is 4. The Balaban J connectivity index is 2.15. The average Bonchev–Trinajstić information content (AvgIpc) is 3.19. The van der Waals surface area contributed by atoms with Crippen LogP contribution >= 0.6 is 11.6 Å². The van der Waals surface area contributed by atoms with Gasteiger partial charge in [0.05, 0.1) is 9.95 Å². The Morgan fingerprint density at radius 3 is 2.62 bits per heavy atom. The Morgan fingerprint density at radius 2 is 2.14 bits per heavy atom. The highest BCUT2D eigenvalue weighted by Crippen LogP contribution is 2.51. The first kappa shape index (κ1) is 15.6. The average molecular weight is 312 g/mol. The molecule has 0 unspecified atom stereocenters. The van der Waals surface area contributed by atoms with Crippen molar-refractivity contribution in [3.63, 3.8) is 0 Å². The SMILES string of the molecule is CC(C)C1(CNC(=O)c2cc(Cl)c(N)c([N+](=O)[O-])c2)CC1. The highest BCUT2D eigenvalue weighted by molar-refractivity contribution is 6.34. The minimum Gasteiger partial charge on any atom is -0.392 e. The summed E-state index contributed by atoms with van der Waals surface area (Å²) in [5, 5.41) is 13.7. The maximum atomic E-state index is 12.1. The van der Waals surface area contributed by atoms with Crippen molar-refractivity contribution in [3.05, 3.63) is 32.8 Å². The number of hydrogen-bond donors (Lipinski definition) is 2. The molecule has 0 saturated heterocycles. The zero-order chi connectivity index (χ0) is 15.8. The van der Waals surface area contributed by atoms with Crippen LogP contribution in [0.1, 0.15) is 37.0 Å². The van der Waals surface area contributed by atoms with E-state index in [1.165, 1.54) is 6.07 Å². The zero-order valence-electron chi connectivity index (χ0n) is 12.0. The number of anilines is 1. The lowest BCUT2D eigenvalue weighted by atomic mass is 9.92. The van der Waals surface area contributed by atoms with Crippen molar-refractivity contribution in [2.45, 2.75) is 26.7 Å². The van der Waals surface area contributed by atoms with Gasteiger partial charge in [0, 0.05) is 18.2 Å². The molecule has 1 aliphatic rings. The summed E-state index contributed by atoms with van der Waals surface area (Å²) < 4.78 is 0. The number of carbonyl (C=O) groups is 1. The van der Waals surface area contributed by atoms with E-state index in [0.29, 0.717) is 12.5 Å². The van der Waals surface area contributed by atoms with Crippen molar-refractivity contribution in [2.75, 3.05) is 12.3 Å². The van der Waals surface area contributed by atoms with Crippen molar-refractivity contribution >= 4 is 28.9 Å². The Labute approximate surface area is 127 Å². The largest absolute Gasteiger partial charge is 0.392 e. The van der Waals surface area contributed by atoms with Gasteiger partial charge in [-0.25, -0.2) is 0 Å². The van der Waals surface area contributed by atoms with Gasteiger partial charge in [-0.05, 0) is 30.2 Å². The molecule has 3 N–H and O–H groups in total. The van der Waals surface area contributed by atoms with Crippen LogP contribution in [0.5, 0.6) is 0 Å². The second kappa shape index (κ2) is 5.52. The fourth-order valence-corrected chi connectivity index (χ4v) is 2.58. The lowest BCUT2D eigenvalue weighted by Crippen LogP contribution is -2.32. The molecule has 1 saturated carbocycles. The van der Waals surface area contributed by atoms with E-state index < -0.39 is 4.92 Å². The van der Waals surface area contributed by atoms with Gasteiger partial charge in [-0.1, -0.05) is 25.4 Å². The van der Waals surface area contributed by atoms with Gasteiger partial charge in [0.15, 0.2) is 0 Å². The molecule has 0 aliphatic heterocycles. The van der Waals surface area contributed by atoms with Gasteiger partial charge in [0.1, 0.15) is 5.69 Å². The third-order valence-electron chi connectivity index (χ3n) is 4.28. The molecule has 0 atom stereocenters. The molecule has 1 aliphatic carbocycles. The van der Waals surface area contributed by atoms with Crippen LogP contribution in [-0.2, 0) is 0 Å². The third kappa shape index (κ3) is 3.10. The molecule has 21 heavy (non-hydrogen) atoms. The zero-order valence-corrected chi connectivity index (χ0v) is 12.7. The van der Waals surface area contributed by atoms with Crippen LogP contribution < -0.4 is 11.1 Å². The molecule has 1 aromatic carbocycles. The van der Waals surface area contributed by atoms with Crippen molar-refractivity contribution in [1.82, 2.24) is 5.32 Å². The maximum absolute atomic E-state index is 12.1. The minimum absolute atomic E-state index is 0.0133. The Hall–Kier alpha value is -1.82. The Morgan fingerprint density at radius 1 is 1.52 bits per heavy atom. The molecular weight excluding hydrogens is 294 g/mol. The van der Waals surface area contributed by atoms with E-state index >= 15 is 0 Å². The molecule has 2 rings (SSSR count). The van der Waals surface area contributed by atoms with E-state index in [-0.39, 0.29) is 33.3 Å². The summed E-state index contributed by atoms with van der Waals surface area (Å²) in [6.45, 7) is 4.83. The number of nitro groups is 1. The molecule has 1 amide bonds. The minimum atomic E-state index is -0.644. The van der Waals surface area contributed by atoms with E-state index in [9.17, 15) is 14.9 Å². The number of carbonyl (C=O) groups excluding carboxylic acids is 1. The summed E-state index contributed by atoms with van der Waals surface area (Å²) in [5.41, 5.74) is 5.38. The summed E-state index contributed by atoms with van der Waals surface area (Å²) in [4.78, 5) is 22.4. The molecule has 0 aromatic heterocycles. The quantitative estimate of drug-likeness (QED) is 0.496. The molecule has 1 aromatic rings. The lowest BCUT2D eigenvalue weighted by Gasteiger charge is -2.20.